The summed E-state index contributed by atoms with van der Waals surface area (Å²) < 4.78 is 5.52. The highest BCUT2D eigenvalue weighted by Gasteiger charge is 2.16. The fourth-order valence-electron chi connectivity index (χ4n) is 2.55. The summed E-state index contributed by atoms with van der Waals surface area (Å²) in [6.45, 7) is 0. The van der Waals surface area contributed by atoms with Gasteiger partial charge in [-0.1, -0.05) is 42.5 Å². The minimum Gasteiger partial charge on any atom is -0.423 e. The first-order chi connectivity index (χ1) is 11.8. The summed E-state index contributed by atoms with van der Waals surface area (Å²) in [6, 6.07) is 22.5. The second kappa shape index (κ2) is 6.26. The normalized spacial score (nSPS) is 10.7. The minimum absolute atomic E-state index is 0.377. The minimum atomic E-state index is -0.377. The van der Waals surface area contributed by atoms with Crippen LogP contribution in [0.15, 0.2) is 78.2 Å². The number of benzene rings is 2. The molecule has 0 bridgehead atoms. The number of hydrogen-bond acceptors (Lipinski definition) is 4. The number of nitrogens with zero attached hydrogens (tertiary/aromatic N) is 1. The highest BCUT2D eigenvalue weighted by atomic mass is 32.1. The average molecular weight is 331 g/mol. The molecule has 2 aromatic heterocycles. The van der Waals surface area contributed by atoms with Crippen molar-refractivity contribution in [2.24, 2.45) is 0 Å². The molecule has 4 rings (SSSR count). The predicted molar refractivity (Wildman–Crippen MR) is 96.5 cm³/mol. The van der Waals surface area contributed by atoms with E-state index in [0.29, 0.717) is 11.3 Å². The van der Waals surface area contributed by atoms with Crippen molar-refractivity contribution >= 4 is 28.2 Å². The maximum atomic E-state index is 12.7. The van der Waals surface area contributed by atoms with Crippen LogP contribution in [0.2, 0.25) is 0 Å². The van der Waals surface area contributed by atoms with E-state index in [9.17, 15) is 4.79 Å². The number of ether oxygens (including phenoxy) is 1. The molecule has 0 fully saturated rings. The zero-order chi connectivity index (χ0) is 16.4. The Morgan fingerprint density at radius 3 is 2.50 bits per heavy atom. The van der Waals surface area contributed by atoms with Crippen LogP contribution in [0.4, 0.5) is 0 Å². The molecule has 0 radical (unpaired) electrons. The number of carbonyl (C=O) groups is 1. The van der Waals surface area contributed by atoms with Crippen LogP contribution in [0.1, 0.15) is 10.4 Å². The molecule has 0 unspecified atom stereocenters. The van der Waals surface area contributed by atoms with Gasteiger partial charge in [0.2, 0.25) is 0 Å². The van der Waals surface area contributed by atoms with E-state index in [-0.39, 0.29) is 5.97 Å². The van der Waals surface area contributed by atoms with E-state index in [1.165, 1.54) is 0 Å². The number of thiophene rings is 1. The van der Waals surface area contributed by atoms with Gasteiger partial charge in [-0.05, 0) is 35.7 Å². The largest absolute Gasteiger partial charge is 0.423 e. The monoisotopic (exact) mass is 331 g/mol. The van der Waals surface area contributed by atoms with Crippen LogP contribution in [0.3, 0.4) is 0 Å². The Labute approximate surface area is 143 Å². The summed E-state index contributed by atoms with van der Waals surface area (Å²) in [6.07, 6.45) is 0. The molecular weight excluding hydrogens is 318 g/mol. The molecule has 24 heavy (non-hydrogen) atoms. The maximum Gasteiger partial charge on any atom is 0.344 e. The lowest BCUT2D eigenvalue weighted by Crippen LogP contribution is -2.10. The van der Waals surface area contributed by atoms with Gasteiger partial charge in [-0.25, -0.2) is 9.78 Å². The molecule has 0 saturated carbocycles. The molecule has 0 aliphatic carbocycles. The molecule has 0 aliphatic heterocycles. The van der Waals surface area contributed by atoms with Crippen molar-refractivity contribution in [1.29, 1.82) is 0 Å². The predicted octanol–water partition coefficient (Wildman–Crippen LogP) is 5.18. The number of pyridine rings is 1. The standard InChI is InChI=1S/C20H13NO2S/c22-20(23-14-7-2-1-3-8-14)16-13-18(19-11-6-12-24-19)21-17-10-5-4-9-15(16)17/h1-13H. The molecule has 0 atom stereocenters. The number of para-hydroxylation sites is 2. The molecule has 2 aromatic carbocycles. The van der Waals surface area contributed by atoms with Gasteiger partial charge in [-0.3, -0.25) is 0 Å². The van der Waals surface area contributed by atoms with Crippen molar-refractivity contribution in [3.8, 4) is 16.3 Å². The molecule has 0 N–H and O–H groups in total. The van der Waals surface area contributed by atoms with Gasteiger partial charge in [0.05, 0.1) is 21.7 Å². The van der Waals surface area contributed by atoms with Gasteiger partial charge in [0, 0.05) is 5.39 Å². The van der Waals surface area contributed by atoms with E-state index in [1.54, 1.807) is 29.5 Å². The Hall–Kier alpha value is -2.98. The van der Waals surface area contributed by atoms with Crippen molar-refractivity contribution < 1.29 is 9.53 Å². The number of esters is 1. The fourth-order valence-corrected chi connectivity index (χ4v) is 3.23. The topological polar surface area (TPSA) is 39.2 Å². The number of fused-ring (bicyclic) bond motifs is 1. The first-order valence-corrected chi connectivity index (χ1v) is 8.40. The number of hydrogen-bond donors (Lipinski definition) is 0. The van der Waals surface area contributed by atoms with Crippen LogP contribution >= 0.6 is 11.3 Å². The lowest BCUT2D eigenvalue weighted by Gasteiger charge is -2.09. The molecule has 4 aromatic rings. The summed E-state index contributed by atoms with van der Waals surface area (Å²) >= 11 is 1.59. The Bertz CT molecular complexity index is 995. The van der Waals surface area contributed by atoms with Gasteiger partial charge in [0.15, 0.2) is 0 Å². The summed E-state index contributed by atoms with van der Waals surface area (Å²) in [5.74, 6) is 0.152. The number of carbonyl (C=O) groups excluding carboxylic acids is 1. The molecule has 0 spiro atoms. The molecule has 0 saturated heterocycles. The van der Waals surface area contributed by atoms with E-state index >= 15 is 0 Å². The van der Waals surface area contributed by atoms with Crippen LogP contribution in [0.5, 0.6) is 5.75 Å². The van der Waals surface area contributed by atoms with Crippen molar-refractivity contribution in [2.75, 3.05) is 0 Å². The molecule has 4 heteroatoms. The summed E-state index contributed by atoms with van der Waals surface area (Å²) in [5, 5.41) is 2.78. The average Bonchev–Trinajstić information content (AvgIpc) is 3.16. The zero-order valence-electron chi connectivity index (χ0n) is 12.7. The van der Waals surface area contributed by atoms with E-state index in [1.807, 2.05) is 60.0 Å². The maximum absolute atomic E-state index is 12.7. The highest BCUT2D eigenvalue weighted by Crippen LogP contribution is 2.28. The molecular formula is C20H13NO2S. The number of rotatable bonds is 3. The van der Waals surface area contributed by atoms with Gasteiger partial charge >= 0.3 is 5.97 Å². The Kier molecular flexibility index (Phi) is 3.81. The fraction of sp³-hybridized carbons (Fsp3) is 0. The van der Waals surface area contributed by atoms with E-state index in [4.69, 9.17) is 4.74 Å². The van der Waals surface area contributed by atoms with Crippen LogP contribution in [-0.2, 0) is 0 Å². The second-order valence-electron chi connectivity index (χ2n) is 5.25. The first-order valence-electron chi connectivity index (χ1n) is 7.52. The summed E-state index contributed by atoms with van der Waals surface area (Å²) in [4.78, 5) is 18.4. The number of aromatic nitrogens is 1. The van der Waals surface area contributed by atoms with Gasteiger partial charge in [0.1, 0.15) is 5.75 Å². The van der Waals surface area contributed by atoms with Gasteiger partial charge in [-0.15, -0.1) is 11.3 Å². The van der Waals surface area contributed by atoms with E-state index < -0.39 is 0 Å². The molecule has 2 heterocycles. The molecule has 3 nitrogen and oxygen atoms in total. The van der Waals surface area contributed by atoms with Crippen molar-refractivity contribution in [1.82, 2.24) is 4.98 Å². The lowest BCUT2D eigenvalue weighted by atomic mass is 10.1. The van der Waals surface area contributed by atoms with Crippen molar-refractivity contribution in [3.63, 3.8) is 0 Å². The van der Waals surface area contributed by atoms with Crippen molar-refractivity contribution in [2.45, 2.75) is 0 Å². The molecule has 116 valence electrons. The SMILES string of the molecule is O=C(Oc1ccccc1)c1cc(-c2cccs2)nc2ccccc12. The summed E-state index contributed by atoms with van der Waals surface area (Å²) in [5.41, 5.74) is 2.08. The Balaban J connectivity index is 1.82. The quantitative estimate of drug-likeness (QED) is 0.383. The van der Waals surface area contributed by atoms with Crippen LogP contribution in [0.25, 0.3) is 21.5 Å². The summed E-state index contributed by atoms with van der Waals surface area (Å²) in [7, 11) is 0. The van der Waals surface area contributed by atoms with Gasteiger partial charge in [-0.2, -0.15) is 0 Å². The smallest absolute Gasteiger partial charge is 0.344 e. The van der Waals surface area contributed by atoms with Gasteiger partial charge < -0.3 is 4.74 Å². The third kappa shape index (κ3) is 2.79. The molecule has 0 aliphatic rings. The van der Waals surface area contributed by atoms with Crippen LogP contribution in [0, 0.1) is 0 Å². The van der Waals surface area contributed by atoms with Crippen LogP contribution in [-0.4, -0.2) is 11.0 Å². The Morgan fingerprint density at radius 1 is 0.917 bits per heavy atom. The van der Waals surface area contributed by atoms with E-state index in [0.717, 1.165) is 21.5 Å². The first kappa shape index (κ1) is 14.6. The third-order valence-corrected chi connectivity index (χ3v) is 4.56. The molecule has 0 amide bonds. The second-order valence-corrected chi connectivity index (χ2v) is 6.20. The third-order valence-electron chi connectivity index (χ3n) is 3.66. The van der Waals surface area contributed by atoms with Gasteiger partial charge in [0.25, 0.3) is 0 Å². The van der Waals surface area contributed by atoms with E-state index in [2.05, 4.69) is 4.98 Å². The Morgan fingerprint density at radius 2 is 1.71 bits per heavy atom. The highest BCUT2D eigenvalue weighted by molar-refractivity contribution is 7.13. The van der Waals surface area contributed by atoms with Crippen LogP contribution < -0.4 is 4.74 Å². The van der Waals surface area contributed by atoms with Crippen molar-refractivity contribution in [3.05, 3.63) is 83.7 Å². The lowest BCUT2D eigenvalue weighted by molar-refractivity contribution is 0.0737. The zero-order valence-corrected chi connectivity index (χ0v) is 13.5.